The van der Waals surface area contributed by atoms with Gasteiger partial charge in [-0.3, -0.25) is 0 Å². The van der Waals surface area contributed by atoms with Crippen LogP contribution in [0.5, 0.6) is 0 Å². The first-order valence-electron chi connectivity index (χ1n) is 16.0. The van der Waals surface area contributed by atoms with Gasteiger partial charge in [-0.1, -0.05) is 103 Å². The molecule has 7 aromatic carbocycles. The number of halogens is 1. The van der Waals surface area contributed by atoms with Gasteiger partial charge >= 0.3 is 0 Å². The highest BCUT2D eigenvalue weighted by atomic mass is 35.5. The number of rotatable bonds is 4. The molecule has 0 saturated carbocycles. The molecular formula is C43H24ClN3O2. The molecule has 3 heterocycles. The van der Waals surface area contributed by atoms with E-state index in [1.165, 1.54) is 0 Å². The van der Waals surface area contributed by atoms with E-state index in [0.29, 0.717) is 28.1 Å². The minimum atomic E-state index is 0.517. The average molecular weight is 650 g/mol. The zero-order valence-corrected chi connectivity index (χ0v) is 26.6. The second kappa shape index (κ2) is 10.9. The van der Waals surface area contributed by atoms with E-state index in [0.717, 1.165) is 76.9 Å². The summed E-state index contributed by atoms with van der Waals surface area (Å²) >= 11 is 6.53. The van der Waals surface area contributed by atoms with Crippen LogP contribution in [-0.2, 0) is 0 Å². The lowest BCUT2D eigenvalue weighted by atomic mass is 9.99. The van der Waals surface area contributed by atoms with Crippen molar-refractivity contribution in [2.45, 2.75) is 0 Å². The first-order valence-corrected chi connectivity index (χ1v) is 16.4. The largest absolute Gasteiger partial charge is 0.456 e. The molecule has 0 N–H and O–H groups in total. The van der Waals surface area contributed by atoms with Crippen molar-refractivity contribution < 1.29 is 8.83 Å². The van der Waals surface area contributed by atoms with Crippen LogP contribution >= 0.6 is 11.6 Å². The van der Waals surface area contributed by atoms with Gasteiger partial charge < -0.3 is 8.83 Å². The maximum atomic E-state index is 6.59. The number of hydrogen-bond donors (Lipinski definition) is 0. The van der Waals surface area contributed by atoms with Crippen molar-refractivity contribution in [3.8, 4) is 45.3 Å². The van der Waals surface area contributed by atoms with E-state index < -0.39 is 0 Å². The van der Waals surface area contributed by atoms with E-state index in [-0.39, 0.29) is 0 Å². The standard InChI is InChI=1S/C43H24ClN3O2/c44-30-19-17-27-22-35(40-39(33(27)24-30)32-14-5-7-16-37(32)49-40)43-46-41(28-12-8-11-26(21-28)25-9-2-1-3-10-25)45-42(47-43)29-18-20-38-34(23-29)31-13-4-6-15-36(31)48-38/h1-24H. The topological polar surface area (TPSA) is 65.0 Å². The van der Waals surface area contributed by atoms with Crippen molar-refractivity contribution >= 4 is 66.3 Å². The molecule has 3 aromatic heterocycles. The molecule has 0 aliphatic heterocycles. The molecule has 0 atom stereocenters. The van der Waals surface area contributed by atoms with Gasteiger partial charge in [0.1, 0.15) is 22.3 Å². The summed E-state index contributed by atoms with van der Waals surface area (Å²) in [6, 6.07) is 48.9. The molecule has 5 nitrogen and oxygen atoms in total. The first-order chi connectivity index (χ1) is 24.2. The van der Waals surface area contributed by atoms with Gasteiger partial charge in [-0.15, -0.1) is 0 Å². The summed E-state index contributed by atoms with van der Waals surface area (Å²) in [6.07, 6.45) is 0. The van der Waals surface area contributed by atoms with Crippen LogP contribution in [-0.4, -0.2) is 15.0 Å². The van der Waals surface area contributed by atoms with Gasteiger partial charge in [-0.25, -0.2) is 15.0 Å². The molecule has 0 fully saturated rings. The van der Waals surface area contributed by atoms with Crippen LogP contribution in [0.1, 0.15) is 0 Å². The fourth-order valence-corrected chi connectivity index (χ4v) is 7.02. The predicted molar refractivity (Wildman–Crippen MR) is 199 cm³/mol. The van der Waals surface area contributed by atoms with Crippen molar-refractivity contribution in [1.82, 2.24) is 15.0 Å². The number of benzene rings is 7. The summed E-state index contributed by atoms with van der Waals surface area (Å²) in [6.45, 7) is 0. The Morgan fingerprint density at radius 1 is 0.408 bits per heavy atom. The molecule has 0 aliphatic rings. The Morgan fingerprint density at radius 3 is 1.90 bits per heavy atom. The number of fused-ring (bicyclic) bond motifs is 8. The van der Waals surface area contributed by atoms with E-state index in [9.17, 15) is 0 Å². The first kappa shape index (κ1) is 27.8. The molecule has 10 rings (SSSR count). The summed E-state index contributed by atoms with van der Waals surface area (Å²) < 4.78 is 12.7. The summed E-state index contributed by atoms with van der Waals surface area (Å²) in [4.78, 5) is 15.4. The van der Waals surface area contributed by atoms with Crippen LogP contribution in [0.15, 0.2) is 154 Å². The predicted octanol–water partition coefficient (Wildman–Crippen LogP) is 12.1. The normalized spacial score (nSPS) is 11.8. The van der Waals surface area contributed by atoms with E-state index in [1.807, 2.05) is 97.1 Å². The fourth-order valence-electron chi connectivity index (χ4n) is 6.85. The Hall–Kier alpha value is -6.30. The fraction of sp³-hybridized carbons (Fsp3) is 0. The molecule has 0 saturated heterocycles. The van der Waals surface area contributed by atoms with Crippen LogP contribution < -0.4 is 0 Å². The van der Waals surface area contributed by atoms with E-state index >= 15 is 0 Å². The zero-order chi connectivity index (χ0) is 32.5. The number of nitrogens with zero attached hydrogens (tertiary/aromatic N) is 3. The second-order valence-electron chi connectivity index (χ2n) is 12.2. The van der Waals surface area contributed by atoms with E-state index in [4.69, 9.17) is 35.4 Å². The molecule has 6 heteroatoms. The van der Waals surface area contributed by atoms with Crippen LogP contribution in [0.25, 0.3) is 99.9 Å². The molecule has 0 bridgehead atoms. The lowest BCUT2D eigenvalue weighted by Gasteiger charge is -2.11. The van der Waals surface area contributed by atoms with E-state index in [2.05, 4.69) is 48.5 Å². The number of para-hydroxylation sites is 2. The maximum Gasteiger partial charge on any atom is 0.167 e. The van der Waals surface area contributed by atoms with Crippen molar-refractivity contribution in [2.24, 2.45) is 0 Å². The molecular weight excluding hydrogens is 626 g/mol. The Kier molecular flexibility index (Phi) is 6.16. The zero-order valence-electron chi connectivity index (χ0n) is 25.9. The highest BCUT2D eigenvalue weighted by molar-refractivity contribution is 6.32. The second-order valence-corrected chi connectivity index (χ2v) is 12.6. The molecule has 49 heavy (non-hydrogen) atoms. The van der Waals surface area contributed by atoms with Crippen molar-refractivity contribution in [1.29, 1.82) is 0 Å². The smallest absolute Gasteiger partial charge is 0.167 e. The molecule has 10 aromatic rings. The average Bonchev–Trinajstić information content (AvgIpc) is 3.74. The van der Waals surface area contributed by atoms with Gasteiger partial charge in [0.05, 0.1) is 5.56 Å². The Bertz CT molecular complexity index is 2910. The van der Waals surface area contributed by atoms with Crippen LogP contribution in [0.3, 0.4) is 0 Å². The minimum Gasteiger partial charge on any atom is -0.456 e. The molecule has 0 radical (unpaired) electrons. The quantitative estimate of drug-likeness (QED) is 0.190. The third-order valence-corrected chi connectivity index (χ3v) is 9.40. The maximum absolute atomic E-state index is 6.59. The third-order valence-electron chi connectivity index (χ3n) is 9.16. The van der Waals surface area contributed by atoms with Crippen LogP contribution in [0.4, 0.5) is 0 Å². The van der Waals surface area contributed by atoms with Crippen molar-refractivity contribution in [2.75, 3.05) is 0 Å². The molecule has 0 aliphatic carbocycles. The van der Waals surface area contributed by atoms with Gasteiger partial charge in [0.25, 0.3) is 0 Å². The highest BCUT2D eigenvalue weighted by Crippen LogP contribution is 2.42. The monoisotopic (exact) mass is 649 g/mol. The van der Waals surface area contributed by atoms with E-state index in [1.54, 1.807) is 0 Å². The van der Waals surface area contributed by atoms with Gasteiger partial charge in [0.15, 0.2) is 17.5 Å². The van der Waals surface area contributed by atoms with Gasteiger partial charge in [0, 0.05) is 37.7 Å². The number of furan rings is 2. The molecule has 230 valence electrons. The number of aromatic nitrogens is 3. The molecule has 0 amide bonds. The highest BCUT2D eigenvalue weighted by Gasteiger charge is 2.21. The Labute approximate surface area is 285 Å². The number of hydrogen-bond acceptors (Lipinski definition) is 5. The summed E-state index contributed by atoms with van der Waals surface area (Å²) in [5.74, 6) is 1.64. The molecule has 0 unspecified atom stereocenters. The third kappa shape index (κ3) is 4.59. The lowest BCUT2D eigenvalue weighted by Crippen LogP contribution is -2.00. The molecule has 0 spiro atoms. The summed E-state index contributed by atoms with van der Waals surface area (Å²) in [5.41, 5.74) is 7.86. The summed E-state index contributed by atoms with van der Waals surface area (Å²) in [5, 5.41) is 6.72. The van der Waals surface area contributed by atoms with Gasteiger partial charge in [0.2, 0.25) is 0 Å². The minimum absolute atomic E-state index is 0.517. The SMILES string of the molecule is Clc1ccc2cc(-c3nc(-c4cccc(-c5ccccc5)c4)nc(-c4ccc5oc6ccccc6c5c4)n3)c3oc4ccccc4c3c2c1. The van der Waals surface area contributed by atoms with Gasteiger partial charge in [-0.2, -0.15) is 0 Å². The van der Waals surface area contributed by atoms with Crippen LogP contribution in [0.2, 0.25) is 5.02 Å². The van der Waals surface area contributed by atoms with Crippen molar-refractivity contribution in [3.63, 3.8) is 0 Å². The summed E-state index contributed by atoms with van der Waals surface area (Å²) in [7, 11) is 0. The van der Waals surface area contributed by atoms with Crippen molar-refractivity contribution in [3.05, 3.63) is 151 Å². The Morgan fingerprint density at radius 2 is 1.06 bits per heavy atom. The lowest BCUT2D eigenvalue weighted by molar-refractivity contribution is 0.669. The Balaban J connectivity index is 1.26. The van der Waals surface area contributed by atoms with Crippen LogP contribution in [0, 0.1) is 0 Å². The van der Waals surface area contributed by atoms with Gasteiger partial charge in [-0.05, 0) is 76.5 Å².